The van der Waals surface area contributed by atoms with Crippen molar-refractivity contribution in [1.29, 1.82) is 0 Å². The van der Waals surface area contributed by atoms with Crippen molar-refractivity contribution in [2.24, 2.45) is 23.2 Å². The summed E-state index contributed by atoms with van der Waals surface area (Å²) >= 11 is 0. The van der Waals surface area contributed by atoms with Crippen molar-refractivity contribution in [1.82, 2.24) is 24.4 Å². The smallest absolute Gasteiger partial charge is 0.240 e. The number of fused-ring (bicyclic) bond motifs is 3. The number of hydrogen-bond donors (Lipinski definition) is 1. The number of rotatable bonds is 8. The fraction of sp³-hybridized carbons (Fsp3) is 0.564. The van der Waals surface area contributed by atoms with E-state index in [0.29, 0.717) is 55.1 Å². The van der Waals surface area contributed by atoms with Crippen molar-refractivity contribution >= 4 is 38.5 Å². The second-order valence-corrected chi connectivity index (χ2v) is 17.5. The Morgan fingerprint density at radius 3 is 2.56 bits per heavy atom. The van der Waals surface area contributed by atoms with Gasteiger partial charge >= 0.3 is 0 Å². The molecule has 13 heteroatoms. The number of carbonyl (C=O) groups excluding carboxylic acids is 3. The molecular weight excluding hydrogens is 683 g/mol. The predicted octanol–water partition coefficient (Wildman–Crippen LogP) is 5.41. The van der Waals surface area contributed by atoms with Gasteiger partial charge in [0.2, 0.25) is 21.8 Å². The minimum absolute atomic E-state index is 0.113. The van der Waals surface area contributed by atoms with E-state index in [0.717, 1.165) is 35.9 Å². The lowest BCUT2D eigenvalue weighted by Gasteiger charge is -2.26. The third-order valence-corrected chi connectivity index (χ3v) is 13.3. The summed E-state index contributed by atoms with van der Waals surface area (Å²) < 4.78 is 42.1. The van der Waals surface area contributed by atoms with E-state index in [2.05, 4.69) is 18.6 Å². The molecule has 0 saturated heterocycles. The van der Waals surface area contributed by atoms with Crippen LogP contribution >= 0.6 is 0 Å². The van der Waals surface area contributed by atoms with Crippen LogP contribution in [-0.4, -0.2) is 77.7 Å². The Morgan fingerprint density at radius 2 is 1.85 bits per heavy atom. The van der Waals surface area contributed by atoms with Gasteiger partial charge in [0.1, 0.15) is 23.4 Å². The molecule has 0 spiro atoms. The summed E-state index contributed by atoms with van der Waals surface area (Å²) in [4.78, 5) is 48.8. The fourth-order valence-electron chi connectivity index (χ4n) is 8.00. The molecule has 3 fully saturated rings. The third-order valence-electron chi connectivity index (χ3n) is 11.5. The topological polar surface area (TPSA) is 150 Å². The van der Waals surface area contributed by atoms with Gasteiger partial charge in [-0.3, -0.25) is 19.1 Å². The van der Waals surface area contributed by atoms with E-state index in [1.54, 1.807) is 23.7 Å². The highest BCUT2D eigenvalue weighted by molar-refractivity contribution is 7.90. The number of hydrogen-bond acceptors (Lipinski definition) is 9. The number of nitrogens with zero attached hydrogens (tertiary/aromatic N) is 4. The Balaban J connectivity index is 1.21. The lowest BCUT2D eigenvalue weighted by Crippen LogP contribution is -2.42. The molecule has 12 nitrogen and oxygen atoms in total. The first kappa shape index (κ1) is 36.1. The van der Waals surface area contributed by atoms with Gasteiger partial charge in [0.05, 0.1) is 34.9 Å². The number of methoxy groups -OCH3 is 1. The lowest BCUT2D eigenvalue weighted by atomic mass is 9.84. The van der Waals surface area contributed by atoms with E-state index in [9.17, 15) is 22.8 Å². The molecule has 2 aromatic heterocycles. The summed E-state index contributed by atoms with van der Waals surface area (Å²) in [5.41, 5.74) is 1.31. The summed E-state index contributed by atoms with van der Waals surface area (Å²) in [6.07, 6.45) is 9.77. The first-order chi connectivity index (χ1) is 24.8. The Labute approximate surface area is 305 Å². The number of benzene rings is 1. The van der Waals surface area contributed by atoms with Crippen LogP contribution in [0.1, 0.15) is 88.8 Å². The zero-order valence-corrected chi connectivity index (χ0v) is 31.4. The standard InChI is InChI=1S/C39H49N5O7S/c1-23(2)31-15-17-44(41-31)35-20-34(28-13-14-33(50-5)24(3)36(28)40-35)51-26-18-29-30(19-26)37(46)43(4)16-9-7-6-8-10-25-21-39(25,22-32(29)45)38(47)42-52(48,49)27-11-12-27/h8,10,13-15,17,20,23,25-27,29-30H,6-7,9,11-12,16,18-19,21-22H2,1-5H3,(H,42,47)/b10-8-/t25-,26-,29-,30-,39-/m1/s1. The number of nitrogens with one attached hydrogen (secondary N) is 1. The van der Waals surface area contributed by atoms with Crippen molar-refractivity contribution < 1.29 is 32.3 Å². The summed E-state index contributed by atoms with van der Waals surface area (Å²) in [6.45, 7) is 6.68. The molecular formula is C39H49N5O7S. The maximum absolute atomic E-state index is 14.4. The maximum atomic E-state index is 14.4. The number of carbonyl (C=O) groups is 3. The van der Waals surface area contributed by atoms with Gasteiger partial charge in [-0.25, -0.2) is 18.1 Å². The second kappa shape index (κ2) is 13.9. The SMILES string of the molecule is COc1ccc2c(O[C@@H]3C[C@H]4C(=O)C[C@]5(C(=O)NS(=O)(=O)C6CC6)C[C@H]5/C=C\CCCCN(C)C(=O)[C@@H]4C3)cc(-n3ccc(C(C)C)n3)nc2c1C. The van der Waals surface area contributed by atoms with E-state index < -0.39 is 44.5 Å². The molecule has 1 N–H and O–H groups in total. The highest BCUT2D eigenvalue weighted by Crippen LogP contribution is 2.58. The van der Waals surface area contributed by atoms with Gasteiger partial charge in [-0.2, -0.15) is 5.10 Å². The van der Waals surface area contributed by atoms with Gasteiger partial charge in [0, 0.05) is 49.1 Å². The molecule has 0 radical (unpaired) electrons. The minimum Gasteiger partial charge on any atom is -0.496 e. The molecule has 5 atom stereocenters. The van der Waals surface area contributed by atoms with Crippen molar-refractivity contribution in [3.8, 4) is 17.3 Å². The number of aromatic nitrogens is 3. The summed E-state index contributed by atoms with van der Waals surface area (Å²) in [5, 5.41) is 4.97. The number of ether oxygens (including phenoxy) is 2. The molecule has 3 saturated carbocycles. The first-order valence-corrected chi connectivity index (χ1v) is 20.1. The van der Waals surface area contributed by atoms with Gasteiger partial charge in [0.15, 0.2) is 5.82 Å². The molecule has 4 aliphatic rings. The highest BCUT2D eigenvalue weighted by Gasteiger charge is 2.61. The number of aryl methyl sites for hydroxylation is 1. The predicted molar refractivity (Wildman–Crippen MR) is 196 cm³/mol. The van der Waals surface area contributed by atoms with Crippen LogP contribution in [0.4, 0.5) is 0 Å². The van der Waals surface area contributed by atoms with Gasteiger partial charge < -0.3 is 14.4 Å². The van der Waals surface area contributed by atoms with Gasteiger partial charge in [-0.05, 0) is 88.3 Å². The largest absolute Gasteiger partial charge is 0.496 e. The van der Waals surface area contributed by atoms with E-state index in [4.69, 9.17) is 19.6 Å². The number of Topliss-reactive ketones (excluding diaryl/α,β-unsaturated/α-hetero) is 1. The number of pyridine rings is 1. The molecule has 3 aliphatic carbocycles. The monoisotopic (exact) mass is 731 g/mol. The average Bonchev–Trinajstić information content (AvgIpc) is 3.98. The first-order valence-electron chi connectivity index (χ1n) is 18.5. The normalized spacial score (nSPS) is 27.5. The summed E-state index contributed by atoms with van der Waals surface area (Å²) in [7, 11) is -0.392. The number of amides is 2. The zero-order valence-electron chi connectivity index (χ0n) is 30.6. The van der Waals surface area contributed by atoms with Gasteiger partial charge in [0.25, 0.3) is 0 Å². The van der Waals surface area contributed by atoms with Gasteiger partial charge in [-0.15, -0.1) is 0 Å². The number of allylic oxidation sites excluding steroid dienone is 2. The Hall–Kier alpha value is -4.26. The molecule has 52 heavy (non-hydrogen) atoms. The quantitative estimate of drug-likeness (QED) is 0.300. The summed E-state index contributed by atoms with van der Waals surface area (Å²) in [6, 6.07) is 7.59. The second-order valence-electron chi connectivity index (χ2n) is 15.5. The van der Waals surface area contributed by atoms with Crippen molar-refractivity contribution in [3.05, 3.63) is 53.9 Å². The van der Waals surface area contributed by atoms with Crippen LogP contribution in [0.2, 0.25) is 0 Å². The summed E-state index contributed by atoms with van der Waals surface area (Å²) in [5.74, 6) is -0.448. The highest BCUT2D eigenvalue weighted by atomic mass is 32.2. The molecule has 1 aliphatic heterocycles. The van der Waals surface area contributed by atoms with Gasteiger partial charge in [-0.1, -0.05) is 26.0 Å². The average molecular weight is 732 g/mol. The van der Waals surface area contributed by atoms with Crippen LogP contribution in [0.25, 0.3) is 16.7 Å². The zero-order chi connectivity index (χ0) is 36.9. The van der Waals surface area contributed by atoms with E-state index in [1.165, 1.54) is 0 Å². The molecule has 278 valence electrons. The Bertz CT molecular complexity index is 2040. The van der Waals surface area contributed by atoms with Crippen LogP contribution in [0.5, 0.6) is 11.5 Å². The number of sulfonamides is 1. The van der Waals surface area contributed by atoms with Crippen LogP contribution < -0.4 is 14.2 Å². The van der Waals surface area contributed by atoms with Crippen LogP contribution in [0.15, 0.2) is 42.6 Å². The Kier molecular flexibility index (Phi) is 9.68. The molecule has 0 unspecified atom stereocenters. The fourth-order valence-corrected chi connectivity index (χ4v) is 9.39. The van der Waals surface area contributed by atoms with Crippen LogP contribution in [0.3, 0.4) is 0 Å². The molecule has 1 aromatic carbocycles. The molecule has 3 aromatic rings. The van der Waals surface area contributed by atoms with E-state index in [-0.39, 0.29) is 36.4 Å². The lowest BCUT2D eigenvalue weighted by molar-refractivity contribution is -0.140. The third kappa shape index (κ3) is 6.95. The number of ketones is 1. The van der Waals surface area contributed by atoms with Crippen molar-refractivity contribution in [2.45, 2.75) is 95.8 Å². The molecule has 7 rings (SSSR count). The molecule has 0 bridgehead atoms. The van der Waals surface area contributed by atoms with Crippen LogP contribution in [0, 0.1) is 30.1 Å². The van der Waals surface area contributed by atoms with E-state index >= 15 is 0 Å². The van der Waals surface area contributed by atoms with Crippen molar-refractivity contribution in [3.63, 3.8) is 0 Å². The molecule has 2 amide bonds. The minimum atomic E-state index is -3.79. The Morgan fingerprint density at radius 1 is 1.08 bits per heavy atom. The maximum Gasteiger partial charge on any atom is 0.240 e. The van der Waals surface area contributed by atoms with E-state index in [1.807, 2.05) is 49.5 Å². The molecule has 3 heterocycles. The van der Waals surface area contributed by atoms with Crippen LogP contribution in [-0.2, 0) is 24.4 Å². The van der Waals surface area contributed by atoms with Crippen molar-refractivity contribution in [2.75, 3.05) is 20.7 Å².